The molecule has 0 saturated carbocycles. The molecular weight excluding hydrogens is 1430 g/mol. The fourth-order valence-corrected chi connectivity index (χ4v) is 15.9. The predicted molar refractivity (Wildman–Crippen MR) is 455 cm³/mol. The van der Waals surface area contributed by atoms with E-state index in [2.05, 4.69) is 34.6 Å². The van der Waals surface area contributed by atoms with Gasteiger partial charge in [0.1, 0.15) is 19.3 Å². The van der Waals surface area contributed by atoms with Gasteiger partial charge >= 0.3 is 39.5 Å². The Morgan fingerprint density at radius 2 is 0.418 bits per heavy atom. The molecule has 0 aromatic carbocycles. The molecule has 0 heterocycles. The van der Waals surface area contributed by atoms with Crippen molar-refractivity contribution in [2.75, 3.05) is 39.6 Å². The van der Waals surface area contributed by atoms with Crippen LogP contribution in [-0.2, 0) is 65.4 Å². The Morgan fingerprint density at radius 1 is 0.245 bits per heavy atom. The monoisotopic (exact) mass is 1610 g/mol. The van der Waals surface area contributed by atoms with Gasteiger partial charge in [-0.05, 0) is 31.6 Å². The Hall–Kier alpha value is -1.94. The van der Waals surface area contributed by atoms with E-state index in [1.807, 2.05) is 0 Å². The minimum atomic E-state index is -4.97. The van der Waals surface area contributed by atoms with Crippen molar-refractivity contribution in [2.45, 2.75) is 515 Å². The van der Waals surface area contributed by atoms with E-state index in [4.69, 9.17) is 37.0 Å². The highest BCUT2D eigenvalue weighted by Crippen LogP contribution is 2.45. The summed E-state index contributed by atoms with van der Waals surface area (Å²) in [6.45, 7) is 7.33. The number of hydrogen-bond acceptors (Lipinski definition) is 15. The van der Waals surface area contributed by atoms with Gasteiger partial charge in [0.05, 0.1) is 26.4 Å². The average molecular weight is 1610 g/mol. The fourth-order valence-electron chi connectivity index (χ4n) is 14.4. The van der Waals surface area contributed by atoms with Crippen molar-refractivity contribution >= 4 is 39.5 Å². The molecule has 19 heteroatoms. The van der Waals surface area contributed by atoms with Gasteiger partial charge in [-0.1, -0.05) is 446 Å². The quantitative estimate of drug-likeness (QED) is 0.0222. The molecule has 2 unspecified atom stereocenters. The van der Waals surface area contributed by atoms with E-state index in [-0.39, 0.29) is 25.7 Å². The SMILES string of the molecule is CCCCCCCCCCCCCCCCCCCCCCCCC(=O)OC[C@H](COP(=O)(O)OC[C@@H](O)COP(=O)(O)OC[C@@H](COC(=O)CCCCCCC)OC(=O)CCCCCCCCCCCCCCCCCCCCC(C)C)OC(=O)CCCCCCCCCCCCCCCCCCCCCCCC. The Balaban J connectivity index is 5.07. The summed E-state index contributed by atoms with van der Waals surface area (Å²) in [5, 5.41) is 10.7. The fraction of sp³-hybridized carbons (Fsp3) is 0.956. The molecule has 0 fully saturated rings. The zero-order chi connectivity index (χ0) is 80.4. The van der Waals surface area contributed by atoms with Gasteiger partial charge in [-0.25, -0.2) is 9.13 Å². The number of phosphoric ester groups is 2. The number of ether oxygens (including phenoxy) is 4. The van der Waals surface area contributed by atoms with Crippen LogP contribution < -0.4 is 0 Å². The van der Waals surface area contributed by atoms with Gasteiger partial charge in [0, 0.05) is 25.7 Å². The maximum Gasteiger partial charge on any atom is 0.472 e. The topological polar surface area (TPSA) is 237 Å². The van der Waals surface area contributed by atoms with E-state index in [9.17, 15) is 43.2 Å². The van der Waals surface area contributed by atoms with Crippen LogP contribution in [0.2, 0.25) is 0 Å². The highest BCUT2D eigenvalue weighted by molar-refractivity contribution is 7.47. The summed E-state index contributed by atoms with van der Waals surface area (Å²) >= 11 is 0. The molecule has 110 heavy (non-hydrogen) atoms. The molecule has 0 aliphatic rings. The maximum absolute atomic E-state index is 13.2. The molecule has 0 aliphatic heterocycles. The Morgan fingerprint density at radius 3 is 0.618 bits per heavy atom. The van der Waals surface area contributed by atoms with E-state index < -0.39 is 97.5 Å². The highest BCUT2D eigenvalue weighted by atomic mass is 31.2. The first-order valence-corrected chi connectivity index (χ1v) is 50.1. The van der Waals surface area contributed by atoms with Crippen LogP contribution >= 0.6 is 15.6 Å². The summed E-state index contributed by atoms with van der Waals surface area (Å²) in [7, 11) is -9.92. The summed E-state index contributed by atoms with van der Waals surface area (Å²) in [5.41, 5.74) is 0. The maximum atomic E-state index is 13.2. The number of hydrogen-bond donors (Lipinski definition) is 3. The van der Waals surface area contributed by atoms with Gasteiger partial charge in [-0.2, -0.15) is 0 Å². The summed E-state index contributed by atoms with van der Waals surface area (Å²) in [6.07, 6.45) is 80.0. The lowest BCUT2D eigenvalue weighted by Crippen LogP contribution is -2.30. The van der Waals surface area contributed by atoms with Crippen LogP contribution in [0.15, 0.2) is 0 Å². The molecule has 0 aromatic rings. The number of carbonyl (C=O) groups excluding carboxylic acids is 4. The largest absolute Gasteiger partial charge is 0.472 e. The zero-order valence-electron chi connectivity index (χ0n) is 72.4. The minimum Gasteiger partial charge on any atom is -0.462 e. The average Bonchev–Trinajstić information content (AvgIpc) is 0.899. The minimum absolute atomic E-state index is 0.108. The molecule has 0 bridgehead atoms. The van der Waals surface area contributed by atoms with Gasteiger partial charge in [-0.15, -0.1) is 0 Å². The number of aliphatic hydroxyl groups is 1. The lowest BCUT2D eigenvalue weighted by molar-refractivity contribution is -0.161. The first-order chi connectivity index (χ1) is 53.5. The Labute approximate surface area is 677 Å². The van der Waals surface area contributed by atoms with E-state index >= 15 is 0 Å². The van der Waals surface area contributed by atoms with Crippen LogP contribution in [0, 0.1) is 5.92 Å². The molecule has 0 saturated heterocycles. The van der Waals surface area contributed by atoms with Crippen molar-refractivity contribution in [1.82, 2.24) is 0 Å². The number of rotatable bonds is 91. The van der Waals surface area contributed by atoms with E-state index in [1.54, 1.807) is 0 Å². The van der Waals surface area contributed by atoms with Crippen LogP contribution in [0.25, 0.3) is 0 Å². The van der Waals surface area contributed by atoms with Crippen molar-refractivity contribution < 1.29 is 80.2 Å². The van der Waals surface area contributed by atoms with E-state index in [0.717, 1.165) is 102 Å². The van der Waals surface area contributed by atoms with Crippen LogP contribution in [0.5, 0.6) is 0 Å². The first-order valence-electron chi connectivity index (χ1n) is 47.1. The molecule has 3 N–H and O–H groups in total. The Bertz CT molecular complexity index is 2080. The lowest BCUT2D eigenvalue weighted by Gasteiger charge is -2.21. The number of carbonyl (C=O) groups is 4. The number of unbranched alkanes of at least 4 members (excludes halogenated alkanes) is 63. The number of aliphatic hydroxyl groups excluding tert-OH is 1. The molecule has 0 rings (SSSR count). The van der Waals surface area contributed by atoms with Crippen LogP contribution in [-0.4, -0.2) is 96.7 Å². The van der Waals surface area contributed by atoms with Crippen LogP contribution in [0.4, 0.5) is 0 Å². The first kappa shape index (κ1) is 108. The number of esters is 4. The molecule has 0 aliphatic carbocycles. The van der Waals surface area contributed by atoms with Gasteiger partial charge in [0.2, 0.25) is 0 Å². The highest BCUT2D eigenvalue weighted by Gasteiger charge is 2.31. The standard InChI is InChI=1S/C91H178O17P2/c1-6-9-12-15-17-19-21-23-25-27-29-31-33-35-40-44-48-52-56-60-65-70-75-89(94)102-81-87(108-91(96)77-72-67-62-57-53-49-45-41-36-34-32-30-28-26-24-22-20-18-16-13-10-7-2)83-106-110(99,100)104-79-85(92)78-103-109(97,98)105-82-86(80-101-88(93)74-69-63-14-11-8-3)107-90(95)76-71-66-61-58-54-50-46-42-38-37-39-43-47-51-55-59-64-68-73-84(4)5/h84-87,92H,6-83H2,1-5H3,(H,97,98)(H,99,100)/t85-,86+,87+/m0/s1. The Kier molecular flexibility index (Phi) is 82.1. The normalized spacial score (nSPS) is 13.7. The van der Waals surface area contributed by atoms with Crippen molar-refractivity contribution in [3.8, 4) is 0 Å². The third kappa shape index (κ3) is 84.0. The van der Waals surface area contributed by atoms with Gasteiger partial charge < -0.3 is 33.8 Å². The predicted octanol–water partition coefficient (Wildman–Crippen LogP) is 28.3. The molecule has 0 radical (unpaired) electrons. The zero-order valence-corrected chi connectivity index (χ0v) is 74.2. The second-order valence-corrected chi connectivity index (χ2v) is 36.1. The molecule has 0 aromatic heterocycles. The molecule has 654 valence electrons. The number of phosphoric acid groups is 2. The van der Waals surface area contributed by atoms with Crippen LogP contribution in [0.1, 0.15) is 497 Å². The van der Waals surface area contributed by atoms with Crippen molar-refractivity contribution in [3.63, 3.8) is 0 Å². The molecular formula is C91H178O17P2. The third-order valence-corrected chi connectivity index (χ3v) is 23.4. The molecule has 5 atom stereocenters. The van der Waals surface area contributed by atoms with E-state index in [0.29, 0.717) is 25.7 Å². The third-order valence-electron chi connectivity index (χ3n) is 21.5. The smallest absolute Gasteiger partial charge is 0.462 e. The van der Waals surface area contributed by atoms with Crippen LogP contribution in [0.3, 0.4) is 0 Å². The van der Waals surface area contributed by atoms with Crippen molar-refractivity contribution in [2.24, 2.45) is 5.92 Å². The van der Waals surface area contributed by atoms with Crippen molar-refractivity contribution in [3.05, 3.63) is 0 Å². The van der Waals surface area contributed by atoms with Crippen molar-refractivity contribution in [1.29, 1.82) is 0 Å². The van der Waals surface area contributed by atoms with Gasteiger partial charge in [0.25, 0.3) is 0 Å². The van der Waals surface area contributed by atoms with Gasteiger partial charge in [-0.3, -0.25) is 37.3 Å². The van der Waals surface area contributed by atoms with Gasteiger partial charge in [0.15, 0.2) is 12.2 Å². The van der Waals surface area contributed by atoms with E-state index in [1.165, 1.54) is 315 Å². The lowest BCUT2D eigenvalue weighted by atomic mass is 10.0. The summed E-state index contributed by atoms with van der Waals surface area (Å²) in [6, 6.07) is 0. The molecule has 0 amide bonds. The summed E-state index contributed by atoms with van der Waals surface area (Å²) in [4.78, 5) is 73.0. The molecule has 0 spiro atoms. The molecule has 17 nitrogen and oxygen atoms in total. The summed E-state index contributed by atoms with van der Waals surface area (Å²) in [5.74, 6) is -1.29. The summed E-state index contributed by atoms with van der Waals surface area (Å²) < 4.78 is 68.8. The second kappa shape index (κ2) is 83.5. The second-order valence-electron chi connectivity index (χ2n) is 33.2.